The van der Waals surface area contributed by atoms with Crippen LogP contribution in [0.15, 0.2) is 24.3 Å². The minimum Gasteiger partial charge on any atom is -0.347 e. The molecule has 2 aliphatic carbocycles. The van der Waals surface area contributed by atoms with Gasteiger partial charge in [0.1, 0.15) is 0 Å². The summed E-state index contributed by atoms with van der Waals surface area (Å²) in [6.07, 6.45) is 5.35. The molecule has 27 heavy (non-hydrogen) atoms. The summed E-state index contributed by atoms with van der Waals surface area (Å²) in [5.74, 6) is 1.00. The van der Waals surface area contributed by atoms with Gasteiger partial charge < -0.3 is 16.4 Å². The van der Waals surface area contributed by atoms with Gasteiger partial charge in [0.25, 0.3) is 5.91 Å². The first-order chi connectivity index (χ1) is 12.2. The zero-order valence-corrected chi connectivity index (χ0v) is 17.3. The molecule has 0 aromatic heterocycles. The fourth-order valence-electron chi connectivity index (χ4n) is 4.37. The molecule has 0 heterocycles. The summed E-state index contributed by atoms with van der Waals surface area (Å²) < 4.78 is 0. The minimum absolute atomic E-state index is 0. The van der Waals surface area contributed by atoms with Gasteiger partial charge in [0, 0.05) is 28.7 Å². The molecule has 0 aliphatic heterocycles. The minimum atomic E-state index is -0.274. The Kier molecular flexibility index (Phi) is 6.92. The van der Waals surface area contributed by atoms with E-state index in [0.717, 1.165) is 31.4 Å². The first-order valence-corrected chi connectivity index (χ1v) is 9.72. The molecule has 2 aliphatic rings. The van der Waals surface area contributed by atoms with Crippen LogP contribution in [0.4, 0.5) is 5.69 Å². The second kappa shape index (κ2) is 8.61. The zero-order valence-electron chi connectivity index (χ0n) is 16.5. The van der Waals surface area contributed by atoms with Gasteiger partial charge in [0.05, 0.1) is 0 Å². The Labute approximate surface area is 168 Å². The average molecular weight is 394 g/mol. The quantitative estimate of drug-likeness (QED) is 0.731. The third-order valence-electron chi connectivity index (χ3n) is 5.69. The molecule has 6 heteroatoms. The van der Waals surface area contributed by atoms with Crippen LogP contribution < -0.4 is 16.4 Å². The van der Waals surface area contributed by atoms with Gasteiger partial charge in [0.15, 0.2) is 0 Å². The molecule has 4 N–H and O–H groups in total. The van der Waals surface area contributed by atoms with Crippen molar-refractivity contribution in [1.29, 1.82) is 0 Å². The van der Waals surface area contributed by atoms with Crippen molar-refractivity contribution in [3.8, 4) is 0 Å². The van der Waals surface area contributed by atoms with Gasteiger partial charge >= 0.3 is 0 Å². The fraction of sp³-hybridized carbons (Fsp3) is 0.619. The fourth-order valence-corrected chi connectivity index (χ4v) is 4.37. The average Bonchev–Trinajstić information content (AvgIpc) is 2.53. The lowest BCUT2D eigenvalue weighted by molar-refractivity contribution is -0.122. The number of nitrogens with two attached hydrogens (primary N) is 1. The molecule has 2 bridgehead atoms. The van der Waals surface area contributed by atoms with Crippen molar-refractivity contribution >= 4 is 29.9 Å². The Balaban J connectivity index is 0.00000261. The molecular formula is C21H32ClN3O2. The second-order valence-electron chi connectivity index (χ2n) is 8.97. The monoisotopic (exact) mass is 393 g/mol. The molecule has 150 valence electrons. The summed E-state index contributed by atoms with van der Waals surface area (Å²) in [4.78, 5) is 24.9. The third kappa shape index (κ3) is 5.45. The Hall–Kier alpha value is -1.59. The largest absolute Gasteiger partial charge is 0.347 e. The second-order valence-corrected chi connectivity index (χ2v) is 8.97. The molecule has 0 radical (unpaired) electrons. The maximum absolute atomic E-state index is 12.7. The zero-order chi connectivity index (χ0) is 18.9. The highest BCUT2D eigenvalue weighted by Gasteiger charge is 2.40. The Morgan fingerprint density at radius 1 is 1.04 bits per heavy atom. The van der Waals surface area contributed by atoms with E-state index >= 15 is 0 Å². The van der Waals surface area contributed by atoms with Crippen molar-refractivity contribution in [2.45, 2.75) is 64.5 Å². The van der Waals surface area contributed by atoms with E-state index in [0.29, 0.717) is 17.4 Å². The van der Waals surface area contributed by atoms with E-state index in [2.05, 4.69) is 10.6 Å². The van der Waals surface area contributed by atoms with E-state index < -0.39 is 0 Å². The summed E-state index contributed by atoms with van der Waals surface area (Å²) in [7, 11) is 0. The topological polar surface area (TPSA) is 84.2 Å². The molecule has 1 aromatic carbocycles. The van der Waals surface area contributed by atoms with Crippen LogP contribution in [0.2, 0.25) is 0 Å². The van der Waals surface area contributed by atoms with Crippen LogP contribution in [0.3, 0.4) is 0 Å². The molecule has 3 rings (SSSR count). The Morgan fingerprint density at radius 2 is 1.59 bits per heavy atom. The van der Waals surface area contributed by atoms with Gasteiger partial charge in [-0.1, -0.05) is 6.42 Å². The van der Waals surface area contributed by atoms with Crippen molar-refractivity contribution in [3.63, 3.8) is 0 Å². The lowest BCUT2D eigenvalue weighted by atomic mass is 9.65. The van der Waals surface area contributed by atoms with Crippen LogP contribution in [0, 0.1) is 17.8 Å². The number of nitrogens with one attached hydrogen (secondary N) is 2. The summed E-state index contributed by atoms with van der Waals surface area (Å²) in [6.45, 7) is 5.85. The van der Waals surface area contributed by atoms with E-state index in [1.165, 1.54) is 6.42 Å². The first-order valence-electron chi connectivity index (χ1n) is 9.72. The number of hydrogen-bond donors (Lipinski definition) is 3. The van der Waals surface area contributed by atoms with E-state index in [-0.39, 0.29) is 41.7 Å². The van der Waals surface area contributed by atoms with Crippen molar-refractivity contribution in [3.05, 3.63) is 29.8 Å². The molecule has 1 aromatic rings. The molecule has 0 spiro atoms. The lowest BCUT2D eigenvalue weighted by Crippen LogP contribution is -2.48. The molecule has 2 unspecified atom stereocenters. The number of benzene rings is 1. The molecule has 2 saturated carbocycles. The Morgan fingerprint density at radius 3 is 2.11 bits per heavy atom. The lowest BCUT2D eigenvalue weighted by Gasteiger charge is -2.43. The highest BCUT2D eigenvalue weighted by molar-refractivity contribution is 5.96. The van der Waals surface area contributed by atoms with Crippen LogP contribution in [0.25, 0.3) is 0 Å². The van der Waals surface area contributed by atoms with Crippen LogP contribution in [0.1, 0.15) is 63.2 Å². The predicted molar refractivity (Wildman–Crippen MR) is 111 cm³/mol. The SMILES string of the molecule is CC(C)(C)NC(=O)c1ccc(NC(=O)C2CC3CCCC(C2)C3N)cc1.Cl. The van der Waals surface area contributed by atoms with Gasteiger partial charge in [-0.05, 0) is 82.6 Å². The molecule has 0 saturated heterocycles. The molecular weight excluding hydrogens is 362 g/mol. The first kappa shape index (κ1) is 21.7. The molecule has 5 nitrogen and oxygen atoms in total. The maximum Gasteiger partial charge on any atom is 0.251 e. The van der Waals surface area contributed by atoms with Gasteiger partial charge in [0.2, 0.25) is 5.91 Å². The molecule has 2 fully saturated rings. The molecule has 2 amide bonds. The number of halogens is 1. The smallest absolute Gasteiger partial charge is 0.251 e. The van der Waals surface area contributed by atoms with E-state index in [9.17, 15) is 9.59 Å². The summed E-state index contributed by atoms with van der Waals surface area (Å²) in [5.41, 5.74) is 7.38. The van der Waals surface area contributed by atoms with Gasteiger partial charge in [-0.3, -0.25) is 9.59 Å². The summed E-state index contributed by atoms with van der Waals surface area (Å²) >= 11 is 0. The van der Waals surface area contributed by atoms with Crippen molar-refractivity contribution < 1.29 is 9.59 Å². The highest BCUT2D eigenvalue weighted by atomic mass is 35.5. The number of fused-ring (bicyclic) bond motifs is 2. The van der Waals surface area contributed by atoms with Crippen LogP contribution in [-0.2, 0) is 4.79 Å². The standard InChI is InChI=1S/C21H31N3O2.ClH/c1-21(2,3)24-20(26)13-7-9-17(10-8-13)23-19(25)16-11-14-5-4-6-15(12-16)18(14)22;/h7-10,14-16,18H,4-6,11-12,22H2,1-3H3,(H,23,25)(H,24,26);1H. The summed E-state index contributed by atoms with van der Waals surface area (Å²) in [6, 6.07) is 7.37. The van der Waals surface area contributed by atoms with E-state index in [4.69, 9.17) is 5.73 Å². The Bertz CT molecular complexity index is 655. The van der Waals surface area contributed by atoms with Gasteiger partial charge in [-0.15, -0.1) is 12.4 Å². The number of amides is 2. The number of rotatable bonds is 3. The van der Waals surface area contributed by atoms with Crippen molar-refractivity contribution in [2.24, 2.45) is 23.5 Å². The maximum atomic E-state index is 12.7. The summed E-state index contributed by atoms with van der Waals surface area (Å²) in [5, 5.41) is 5.95. The number of carbonyl (C=O) groups is 2. The number of anilines is 1. The number of hydrogen-bond acceptors (Lipinski definition) is 3. The normalized spacial score (nSPS) is 27.3. The van der Waals surface area contributed by atoms with Crippen LogP contribution >= 0.6 is 12.4 Å². The van der Waals surface area contributed by atoms with E-state index in [1.807, 2.05) is 20.8 Å². The van der Waals surface area contributed by atoms with Crippen LogP contribution in [0.5, 0.6) is 0 Å². The van der Waals surface area contributed by atoms with Crippen molar-refractivity contribution in [2.75, 3.05) is 5.32 Å². The van der Waals surface area contributed by atoms with Crippen molar-refractivity contribution in [1.82, 2.24) is 5.32 Å². The predicted octanol–water partition coefficient (Wildman–Crippen LogP) is 3.73. The highest BCUT2D eigenvalue weighted by Crippen LogP contribution is 2.42. The number of carbonyl (C=O) groups excluding carboxylic acids is 2. The van der Waals surface area contributed by atoms with Crippen LogP contribution in [-0.4, -0.2) is 23.4 Å². The molecule has 2 atom stereocenters. The third-order valence-corrected chi connectivity index (χ3v) is 5.69. The van der Waals surface area contributed by atoms with Gasteiger partial charge in [-0.25, -0.2) is 0 Å². The van der Waals surface area contributed by atoms with E-state index in [1.54, 1.807) is 24.3 Å². The van der Waals surface area contributed by atoms with Gasteiger partial charge in [-0.2, -0.15) is 0 Å².